The molecule has 0 radical (unpaired) electrons. The highest BCUT2D eigenvalue weighted by molar-refractivity contribution is 6.36. The summed E-state index contributed by atoms with van der Waals surface area (Å²) in [4.78, 5) is 58.7. The van der Waals surface area contributed by atoms with Crippen LogP contribution < -0.4 is 16.2 Å². The van der Waals surface area contributed by atoms with Crippen molar-refractivity contribution in [1.29, 1.82) is 0 Å². The number of hydrogen-bond acceptors (Lipinski definition) is 7. The van der Waals surface area contributed by atoms with Gasteiger partial charge in [0.05, 0.1) is 22.3 Å². The van der Waals surface area contributed by atoms with Crippen LogP contribution in [0.15, 0.2) is 51.8 Å². The van der Waals surface area contributed by atoms with Gasteiger partial charge in [0.1, 0.15) is 17.4 Å². The highest BCUT2D eigenvalue weighted by Crippen LogP contribution is 2.31. The number of halogens is 2. The van der Waals surface area contributed by atoms with E-state index in [0.29, 0.717) is 44.3 Å². The summed E-state index contributed by atoms with van der Waals surface area (Å²) in [5.41, 5.74) is 0.887. The first kappa shape index (κ1) is 25.6. The minimum absolute atomic E-state index is 0.0665. The number of aromatic nitrogens is 3. The fourth-order valence-electron chi connectivity index (χ4n) is 4.40. The van der Waals surface area contributed by atoms with Crippen LogP contribution in [0, 0.1) is 6.92 Å². The predicted octanol–water partition coefficient (Wildman–Crippen LogP) is 4.22. The summed E-state index contributed by atoms with van der Waals surface area (Å²) in [6.45, 7) is 1.61. The average molecular weight is 554 g/mol. The molecule has 0 spiro atoms. The van der Waals surface area contributed by atoms with Crippen LogP contribution in [-0.4, -0.2) is 32.3 Å². The lowest BCUT2D eigenvalue weighted by molar-refractivity contribution is -0.135. The third kappa shape index (κ3) is 5.05. The molecule has 1 atom stereocenters. The first-order chi connectivity index (χ1) is 18.2. The summed E-state index contributed by atoms with van der Waals surface area (Å²) >= 11 is 12.2. The van der Waals surface area contributed by atoms with E-state index in [1.165, 1.54) is 10.8 Å². The lowest BCUT2D eigenvalue weighted by Crippen LogP contribution is -2.45. The number of nitrogens with zero attached hydrogens (tertiary/aromatic N) is 3. The molecule has 4 aromatic rings. The van der Waals surface area contributed by atoms with E-state index in [-0.39, 0.29) is 42.9 Å². The Morgan fingerprint density at radius 3 is 2.79 bits per heavy atom. The number of carbonyl (C=O) groups is 3. The van der Waals surface area contributed by atoms with Gasteiger partial charge in [-0.3, -0.25) is 29.1 Å². The van der Waals surface area contributed by atoms with Gasteiger partial charge >= 0.3 is 0 Å². The van der Waals surface area contributed by atoms with Crippen LogP contribution in [0.25, 0.3) is 22.2 Å². The highest BCUT2D eigenvalue weighted by atomic mass is 35.5. The number of hydrogen-bond donors (Lipinski definition) is 2. The Morgan fingerprint density at radius 1 is 1.21 bits per heavy atom. The van der Waals surface area contributed by atoms with Crippen molar-refractivity contribution >= 4 is 57.5 Å². The van der Waals surface area contributed by atoms with Crippen LogP contribution in [0.2, 0.25) is 10.0 Å². The maximum atomic E-state index is 13.3. The maximum Gasteiger partial charge on any atom is 0.262 e. The Bertz CT molecular complexity index is 1660. The molecule has 2 aromatic carbocycles. The number of oxazole rings is 1. The van der Waals surface area contributed by atoms with Crippen molar-refractivity contribution in [3.8, 4) is 11.3 Å². The van der Waals surface area contributed by atoms with Crippen molar-refractivity contribution in [3.05, 3.63) is 74.7 Å². The molecule has 2 N–H and O–H groups in total. The quantitative estimate of drug-likeness (QED) is 0.341. The summed E-state index contributed by atoms with van der Waals surface area (Å²) in [5.74, 6) is -0.110. The van der Waals surface area contributed by atoms with Gasteiger partial charge in [-0.2, -0.15) is 0 Å². The van der Waals surface area contributed by atoms with E-state index in [1.807, 2.05) is 0 Å². The summed E-state index contributed by atoms with van der Waals surface area (Å²) in [6, 6.07) is 9.05. The Morgan fingerprint density at radius 2 is 2.03 bits per heavy atom. The minimum Gasteiger partial charge on any atom is -0.441 e. The lowest BCUT2D eigenvalue weighted by atomic mass is 10.1. The van der Waals surface area contributed by atoms with E-state index in [1.54, 1.807) is 43.3 Å². The molecule has 0 aliphatic carbocycles. The van der Waals surface area contributed by atoms with Gasteiger partial charge in [0.25, 0.3) is 5.56 Å². The standard InChI is InChI=1S/C26H21Cl2N5O5/c1-13-30-24-16(26(37)33(13)19-7-8-22(35)32-25(19)36)3-2-4-18(24)31-21(34)9-10-23-29-12-20(38-23)15-6-5-14(27)11-17(15)28/h2-6,11-12,19H,7-10H2,1H3,(H,31,34)(H,32,35,36). The van der Waals surface area contributed by atoms with Gasteiger partial charge in [0, 0.05) is 29.8 Å². The van der Waals surface area contributed by atoms with E-state index in [0.717, 1.165) is 0 Å². The zero-order chi connectivity index (χ0) is 27.0. The van der Waals surface area contributed by atoms with E-state index < -0.39 is 17.5 Å². The van der Waals surface area contributed by atoms with Crippen molar-refractivity contribution in [2.24, 2.45) is 0 Å². The highest BCUT2D eigenvalue weighted by Gasteiger charge is 2.30. The number of piperidine rings is 1. The number of anilines is 1. The average Bonchev–Trinajstić information content (AvgIpc) is 3.33. The number of amides is 3. The molecule has 0 saturated carbocycles. The molecule has 5 rings (SSSR count). The number of rotatable bonds is 6. The van der Waals surface area contributed by atoms with Crippen molar-refractivity contribution < 1.29 is 18.8 Å². The topological polar surface area (TPSA) is 136 Å². The van der Waals surface area contributed by atoms with Gasteiger partial charge in [0.15, 0.2) is 11.7 Å². The molecule has 38 heavy (non-hydrogen) atoms. The number of fused-ring (bicyclic) bond motifs is 1. The molecule has 1 aliphatic rings. The molecule has 0 bridgehead atoms. The van der Waals surface area contributed by atoms with Crippen LogP contribution >= 0.6 is 23.2 Å². The first-order valence-electron chi connectivity index (χ1n) is 11.8. The smallest absolute Gasteiger partial charge is 0.262 e. The minimum atomic E-state index is -0.830. The molecule has 10 nitrogen and oxygen atoms in total. The van der Waals surface area contributed by atoms with Crippen molar-refractivity contribution in [3.63, 3.8) is 0 Å². The Balaban J connectivity index is 1.32. The van der Waals surface area contributed by atoms with E-state index in [9.17, 15) is 19.2 Å². The Kier molecular flexibility index (Phi) is 7.00. The number of nitrogens with one attached hydrogen (secondary N) is 2. The fraction of sp³-hybridized carbons (Fsp3) is 0.231. The molecule has 1 aliphatic heterocycles. The van der Waals surface area contributed by atoms with E-state index in [2.05, 4.69) is 20.6 Å². The second-order valence-corrected chi connectivity index (χ2v) is 9.64. The van der Waals surface area contributed by atoms with Gasteiger partial charge in [-0.1, -0.05) is 29.3 Å². The molecule has 2 aromatic heterocycles. The monoisotopic (exact) mass is 553 g/mol. The molecule has 3 heterocycles. The summed E-state index contributed by atoms with van der Waals surface area (Å²) in [6.07, 6.45) is 2.18. The summed E-state index contributed by atoms with van der Waals surface area (Å²) < 4.78 is 7.04. The van der Waals surface area contributed by atoms with Crippen LogP contribution in [0.4, 0.5) is 5.69 Å². The van der Waals surface area contributed by atoms with Crippen LogP contribution in [0.5, 0.6) is 0 Å². The number of aryl methyl sites for hydroxylation is 2. The third-order valence-electron chi connectivity index (χ3n) is 6.22. The second kappa shape index (κ2) is 10.4. The van der Waals surface area contributed by atoms with Gasteiger partial charge in [-0.05, 0) is 43.7 Å². The predicted molar refractivity (Wildman–Crippen MR) is 141 cm³/mol. The molecular formula is C26H21Cl2N5O5. The molecule has 194 valence electrons. The maximum absolute atomic E-state index is 13.3. The Hall–Kier alpha value is -4.02. The van der Waals surface area contributed by atoms with Crippen molar-refractivity contribution in [2.45, 2.75) is 38.6 Å². The van der Waals surface area contributed by atoms with Gasteiger partial charge < -0.3 is 9.73 Å². The van der Waals surface area contributed by atoms with E-state index in [4.69, 9.17) is 27.6 Å². The van der Waals surface area contributed by atoms with Gasteiger partial charge in [-0.25, -0.2) is 9.97 Å². The number of benzene rings is 2. The van der Waals surface area contributed by atoms with Crippen LogP contribution in [-0.2, 0) is 20.8 Å². The Labute approximate surface area is 226 Å². The fourth-order valence-corrected chi connectivity index (χ4v) is 4.90. The number of para-hydroxylation sites is 1. The molecular weight excluding hydrogens is 533 g/mol. The summed E-state index contributed by atoms with van der Waals surface area (Å²) in [7, 11) is 0. The normalized spacial score (nSPS) is 15.5. The first-order valence-corrected chi connectivity index (χ1v) is 12.5. The molecule has 12 heteroatoms. The second-order valence-electron chi connectivity index (χ2n) is 8.79. The molecule has 1 unspecified atom stereocenters. The molecule has 3 amide bonds. The largest absolute Gasteiger partial charge is 0.441 e. The summed E-state index contributed by atoms with van der Waals surface area (Å²) in [5, 5.41) is 6.24. The zero-order valence-electron chi connectivity index (χ0n) is 20.1. The van der Waals surface area contributed by atoms with Gasteiger partial charge in [-0.15, -0.1) is 0 Å². The zero-order valence-corrected chi connectivity index (χ0v) is 21.6. The number of imide groups is 1. The van der Waals surface area contributed by atoms with E-state index >= 15 is 0 Å². The third-order valence-corrected chi connectivity index (χ3v) is 6.77. The SMILES string of the molecule is Cc1nc2c(NC(=O)CCc3ncc(-c4ccc(Cl)cc4Cl)o3)cccc2c(=O)n1C1CCC(=O)NC1=O. The molecule has 1 fully saturated rings. The van der Waals surface area contributed by atoms with Crippen molar-refractivity contribution in [2.75, 3.05) is 5.32 Å². The van der Waals surface area contributed by atoms with Crippen molar-refractivity contribution in [1.82, 2.24) is 19.9 Å². The van der Waals surface area contributed by atoms with Crippen LogP contribution in [0.3, 0.4) is 0 Å². The van der Waals surface area contributed by atoms with Gasteiger partial charge in [0.2, 0.25) is 17.7 Å². The number of carbonyl (C=O) groups excluding carboxylic acids is 3. The van der Waals surface area contributed by atoms with Crippen LogP contribution in [0.1, 0.15) is 37.0 Å². The molecule has 1 saturated heterocycles. The lowest BCUT2D eigenvalue weighted by Gasteiger charge is -2.24.